The molecule has 16 heavy (non-hydrogen) atoms. The van der Waals surface area contributed by atoms with Gasteiger partial charge in [0.25, 0.3) is 0 Å². The highest BCUT2D eigenvalue weighted by Crippen LogP contribution is 2.24. The first-order valence-electron chi connectivity index (χ1n) is 5.69. The van der Waals surface area contributed by atoms with Gasteiger partial charge < -0.3 is 11.1 Å². The maximum absolute atomic E-state index is 5.63. The summed E-state index contributed by atoms with van der Waals surface area (Å²) in [6.45, 7) is 9.20. The van der Waals surface area contributed by atoms with E-state index < -0.39 is 0 Å². The zero-order valence-corrected chi connectivity index (χ0v) is 10.6. The number of nitrogens with one attached hydrogen (secondary N) is 1. The Morgan fingerprint density at radius 2 is 2.12 bits per heavy atom. The molecule has 0 amide bonds. The Labute approximate surface area is 97.7 Å². The molecule has 0 bridgehead atoms. The van der Waals surface area contributed by atoms with E-state index >= 15 is 0 Å². The average Bonchev–Trinajstić information content (AvgIpc) is 2.16. The minimum atomic E-state index is 0.145. The molecule has 90 valence electrons. The SMILES string of the molecule is Cc1ccnc(NC(CCN)C(C)(C)C)n1. The molecule has 1 aromatic heterocycles. The van der Waals surface area contributed by atoms with Crippen LogP contribution < -0.4 is 11.1 Å². The van der Waals surface area contributed by atoms with Gasteiger partial charge in [-0.05, 0) is 31.4 Å². The van der Waals surface area contributed by atoms with E-state index in [9.17, 15) is 0 Å². The van der Waals surface area contributed by atoms with Crippen molar-refractivity contribution in [2.75, 3.05) is 11.9 Å². The average molecular weight is 222 g/mol. The van der Waals surface area contributed by atoms with Gasteiger partial charge in [0.2, 0.25) is 5.95 Å². The summed E-state index contributed by atoms with van der Waals surface area (Å²) >= 11 is 0. The Hall–Kier alpha value is -1.16. The minimum Gasteiger partial charge on any atom is -0.351 e. The molecule has 0 saturated carbocycles. The Kier molecular flexibility index (Phi) is 4.24. The monoisotopic (exact) mass is 222 g/mol. The van der Waals surface area contributed by atoms with Crippen LogP contribution in [0, 0.1) is 12.3 Å². The van der Waals surface area contributed by atoms with E-state index in [1.807, 2.05) is 13.0 Å². The minimum absolute atomic E-state index is 0.145. The predicted octanol–water partition coefficient (Wildman–Crippen LogP) is 1.96. The highest BCUT2D eigenvalue weighted by Gasteiger charge is 2.24. The van der Waals surface area contributed by atoms with Crippen molar-refractivity contribution in [1.82, 2.24) is 9.97 Å². The number of nitrogens with two attached hydrogens (primary N) is 1. The van der Waals surface area contributed by atoms with E-state index in [0.29, 0.717) is 18.5 Å². The van der Waals surface area contributed by atoms with Crippen molar-refractivity contribution < 1.29 is 0 Å². The third-order valence-electron chi connectivity index (χ3n) is 2.60. The zero-order valence-electron chi connectivity index (χ0n) is 10.6. The van der Waals surface area contributed by atoms with Crippen LogP contribution in [0.2, 0.25) is 0 Å². The van der Waals surface area contributed by atoms with Crippen LogP contribution in [0.3, 0.4) is 0 Å². The zero-order chi connectivity index (χ0) is 12.2. The van der Waals surface area contributed by atoms with Crippen LogP contribution in [-0.4, -0.2) is 22.6 Å². The van der Waals surface area contributed by atoms with E-state index in [-0.39, 0.29) is 5.41 Å². The van der Waals surface area contributed by atoms with Gasteiger partial charge in [-0.3, -0.25) is 0 Å². The van der Waals surface area contributed by atoms with E-state index in [1.165, 1.54) is 0 Å². The molecule has 0 aromatic carbocycles. The summed E-state index contributed by atoms with van der Waals surface area (Å²) in [4.78, 5) is 8.56. The van der Waals surface area contributed by atoms with E-state index in [0.717, 1.165) is 12.1 Å². The topological polar surface area (TPSA) is 63.8 Å². The highest BCUT2D eigenvalue weighted by atomic mass is 15.1. The van der Waals surface area contributed by atoms with Crippen molar-refractivity contribution in [3.05, 3.63) is 18.0 Å². The van der Waals surface area contributed by atoms with Crippen molar-refractivity contribution in [3.63, 3.8) is 0 Å². The summed E-state index contributed by atoms with van der Waals surface area (Å²) in [5.74, 6) is 0.688. The van der Waals surface area contributed by atoms with E-state index in [4.69, 9.17) is 5.73 Å². The number of nitrogens with zero attached hydrogens (tertiary/aromatic N) is 2. The van der Waals surface area contributed by atoms with Crippen molar-refractivity contribution in [2.24, 2.45) is 11.1 Å². The molecule has 0 aliphatic heterocycles. The Bertz CT molecular complexity index is 330. The second-order valence-corrected chi connectivity index (χ2v) is 5.16. The van der Waals surface area contributed by atoms with Crippen LogP contribution >= 0.6 is 0 Å². The molecule has 1 rings (SSSR count). The van der Waals surface area contributed by atoms with Gasteiger partial charge in [-0.2, -0.15) is 0 Å². The molecule has 0 aliphatic carbocycles. The quantitative estimate of drug-likeness (QED) is 0.817. The number of aryl methyl sites for hydroxylation is 1. The van der Waals surface area contributed by atoms with Crippen LogP contribution in [-0.2, 0) is 0 Å². The molecule has 4 nitrogen and oxygen atoms in total. The van der Waals surface area contributed by atoms with E-state index in [2.05, 4.69) is 36.1 Å². The smallest absolute Gasteiger partial charge is 0.223 e. The van der Waals surface area contributed by atoms with Gasteiger partial charge in [0, 0.05) is 17.9 Å². The van der Waals surface area contributed by atoms with E-state index in [1.54, 1.807) is 6.20 Å². The second kappa shape index (κ2) is 5.25. The maximum atomic E-state index is 5.63. The number of hydrogen-bond donors (Lipinski definition) is 2. The maximum Gasteiger partial charge on any atom is 0.223 e. The number of hydrogen-bond acceptors (Lipinski definition) is 4. The lowest BCUT2D eigenvalue weighted by molar-refractivity contribution is 0.327. The van der Waals surface area contributed by atoms with Crippen LogP contribution in [0.4, 0.5) is 5.95 Å². The standard InChI is InChI=1S/C12H22N4/c1-9-6-8-14-11(15-9)16-10(5-7-13)12(2,3)4/h6,8,10H,5,7,13H2,1-4H3,(H,14,15,16). The molecule has 0 spiro atoms. The third-order valence-corrected chi connectivity index (χ3v) is 2.60. The van der Waals surface area contributed by atoms with Crippen LogP contribution in [0.15, 0.2) is 12.3 Å². The van der Waals surface area contributed by atoms with Crippen LogP contribution in [0.1, 0.15) is 32.9 Å². The molecule has 0 aliphatic rings. The van der Waals surface area contributed by atoms with Gasteiger partial charge in [-0.1, -0.05) is 20.8 Å². The molecular formula is C12H22N4. The Morgan fingerprint density at radius 3 is 2.62 bits per heavy atom. The summed E-state index contributed by atoms with van der Waals surface area (Å²) in [6, 6.07) is 2.18. The molecule has 0 fully saturated rings. The Balaban J connectivity index is 2.76. The molecule has 3 N–H and O–H groups in total. The van der Waals surface area contributed by atoms with Gasteiger partial charge in [0.1, 0.15) is 0 Å². The fraction of sp³-hybridized carbons (Fsp3) is 0.667. The first kappa shape index (κ1) is 12.9. The fourth-order valence-corrected chi connectivity index (χ4v) is 1.56. The Morgan fingerprint density at radius 1 is 1.44 bits per heavy atom. The summed E-state index contributed by atoms with van der Waals surface area (Å²) in [5, 5.41) is 3.36. The van der Waals surface area contributed by atoms with Crippen LogP contribution in [0.5, 0.6) is 0 Å². The molecule has 4 heteroatoms. The molecule has 1 unspecified atom stereocenters. The molecule has 1 heterocycles. The molecule has 1 atom stereocenters. The number of aromatic nitrogens is 2. The van der Waals surface area contributed by atoms with Crippen molar-refractivity contribution in [1.29, 1.82) is 0 Å². The van der Waals surface area contributed by atoms with Gasteiger partial charge in [0.15, 0.2) is 0 Å². The highest BCUT2D eigenvalue weighted by molar-refractivity contribution is 5.27. The van der Waals surface area contributed by atoms with Gasteiger partial charge >= 0.3 is 0 Å². The molecule has 0 radical (unpaired) electrons. The lowest BCUT2D eigenvalue weighted by atomic mass is 9.85. The van der Waals surface area contributed by atoms with Gasteiger partial charge in [-0.25, -0.2) is 9.97 Å². The van der Waals surface area contributed by atoms with Crippen molar-refractivity contribution in [2.45, 2.75) is 40.2 Å². The summed E-state index contributed by atoms with van der Waals surface area (Å²) in [5.41, 5.74) is 6.74. The summed E-state index contributed by atoms with van der Waals surface area (Å²) in [7, 11) is 0. The predicted molar refractivity (Wildman–Crippen MR) is 67.3 cm³/mol. The fourth-order valence-electron chi connectivity index (χ4n) is 1.56. The first-order chi connectivity index (χ1) is 7.43. The normalized spacial score (nSPS) is 13.6. The van der Waals surface area contributed by atoms with Crippen LogP contribution in [0.25, 0.3) is 0 Å². The number of anilines is 1. The number of rotatable bonds is 4. The molecule has 1 aromatic rings. The van der Waals surface area contributed by atoms with Crippen molar-refractivity contribution >= 4 is 5.95 Å². The van der Waals surface area contributed by atoms with Crippen molar-refractivity contribution in [3.8, 4) is 0 Å². The summed E-state index contributed by atoms with van der Waals surface area (Å²) in [6.07, 6.45) is 2.69. The largest absolute Gasteiger partial charge is 0.351 e. The van der Waals surface area contributed by atoms with Gasteiger partial charge in [0.05, 0.1) is 0 Å². The van der Waals surface area contributed by atoms with Gasteiger partial charge in [-0.15, -0.1) is 0 Å². The third kappa shape index (κ3) is 3.77. The molecular weight excluding hydrogens is 200 g/mol. The lowest BCUT2D eigenvalue weighted by Crippen LogP contribution is -2.36. The lowest BCUT2D eigenvalue weighted by Gasteiger charge is -2.31. The molecule has 0 saturated heterocycles. The first-order valence-corrected chi connectivity index (χ1v) is 5.69. The summed E-state index contributed by atoms with van der Waals surface area (Å²) < 4.78 is 0. The second-order valence-electron chi connectivity index (χ2n) is 5.16.